The molecule has 0 amide bonds. The van der Waals surface area contributed by atoms with E-state index in [1.54, 1.807) is 0 Å². The molecule has 130 valence electrons. The molecule has 0 aromatic carbocycles. The van der Waals surface area contributed by atoms with E-state index >= 15 is 0 Å². The van der Waals surface area contributed by atoms with Gasteiger partial charge < -0.3 is 10.2 Å². The predicted octanol–water partition coefficient (Wildman–Crippen LogP) is 1.96. The summed E-state index contributed by atoms with van der Waals surface area (Å²) in [6.07, 6.45) is 4.49. The highest BCUT2D eigenvalue weighted by molar-refractivity contribution is 7.89. The van der Waals surface area contributed by atoms with Crippen LogP contribution in [0, 0.1) is 0 Å². The van der Waals surface area contributed by atoms with Crippen molar-refractivity contribution in [2.24, 2.45) is 0 Å². The average molecular weight is 361 g/mol. The first-order chi connectivity index (χ1) is 11.0. The van der Waals surface area contributed by atoms with E-state index in [1.165, 1.54) is 16.7 Å². The largest absolute Gasteiger partial charge is 0.367 e. The molecule has 0 spiro atoms. The summed E-state index contributed by atoms with van der Waals surface area (Å²) in [4.78, 5) is 6.28. The zero-order chi connectivity index (χ0) is 16.9. The molecular weight excluding hydrogens is 336 g/mol. The van der Waals surface area contributed by atoms with Gasteiger partial charge in [-0.05, 0) is 12.8 Å². The van der Waals surface area contributed by atoms with Crippen LogP contribution in [0.2, 0.25) is 5.02 Å². The molecule has 23 heavy (non-hydrogen) atoms. The van der Waals surface area contributed by atoms with Crippen LogP contribution in [0.15, 0.2) is 17.3 Å². The smallest absolute Gasteiger partial charge is 0.246 e. The molecule has 0 bridgehead atoms. The number of piperazine rings is 1. The second kappa shape index (κ2) is 8.28. The van der Waals surface area contributed by atoms with Gasteiger partial charge in [0.2, 0.25) is 10.0 Å². The molecule has 1 saturated heterocycles. The Kier molecular flexibility index (Phi) is 6.64. The standard InChI is InChI=1S/C15H25ClN4O2S/c1-3-7-20(8-4-2)23(21,22)14-12-18-11-13(16)15(14)19-9-5-17-6-10-19/h11-12,17H,3-10H2,1-2H3. The monoisotopic (exact) mass is 360 g/mol. The Balaban J connectivity index is 2.46. The van der Waals surface area contributed by atoms with E-state index in [4.69, 9.17) is 11.6 Å². The summed E-state index contributed by atoms with van der Waals surface area (Å²) in [6.45, 7) is 8.05. The summed E-state index contributed by atoms with van der Waals surface area (Å²) in [6, 6.07) is 0. The minimum absolute atomic E-state index is 0.216. The molecule has 1 fully saturated rings. The maximum Gasteiger partial charge on any atom is 0.246 e. The fourth-order valence-corrected chi connectivity index (χ4v) is 4.92. The second-order valence-electron chi connectivity index (χ2n) is 5.61. The van der Waals surface area contributed by atoms with E-state index in [9.17, 15) is 8.42 Å². The van der Waals surface area contributed by atoms with Crippen LogP contribution < -0.4 is 10.2 Å². The molecule has 0 saturated carbocycles. The van der Waals surface area contributed by atoms with Gasteiger partial charge in [0.05, 0.1) is 10.7 Å². The Morgan fingerprint density at radius 3 is 2.39 bits per heavy atom. The molecule has 1 aromatic heterocycles. The fraction of sp³-hybridized carbons (Fsp3) is 0.667. The van der Waals surface area contributed by atoms with Crippen molar-refractivity contribution in [2.75, 3.05) is 44.2 Å². The van der Waals surface area contributed by atoms with E-state index in [0.717, 1.165) is 39.0 Å². The molecular formula is C15H25ClN4O2S. The lowest BCUT2D eigenvalue weighted by Crippen LogP contribution is -2.44. The van der Waals surface area contributed by atoms with Crippen molar-refractivity contribution in [3.8, 4) is 0 Å². The zero-order valence-corrected chi connectivity index (χ0v) is 15.3. The second-order valence-corrected chi connectivity index (χ2v) is 7.92. The number of sulfonamides is 1. The first-order valence-corrected chi connectivity index (χ1v) is 9.93. The van der Waals surface area contributed by atoms with E-state index in [1.807, 2.05) is 18.7 Å². The Labute approximate surface area is 143 Å². The van der Waals surface area contributed by atoms with Crippen LogP contribution in [0.3, 0.4) is 0 Å². The molecule has 0 aliphatic carbocycles. The number of rotatable bonds is 7. The van der Waals surface area contributed by atoms with Gasteiger partial charge in [0, 0.05) is 51.7 Å². The molecule has 2 heterocycles. The van der Waals surface area contributed by atoms with Crippen LogP contribution in [0.25, 0.3) is 0 Å². The molecule has 2 rings (SSSR count). The number of halogens is 1. The third-order valence-corrected chi connectivity index (χ3v) is 6.01. The van der Waals surface area contributed by atoms with Gasteiger partial charge in [-0.3, -0.25) is 4.98 Å². The average Bonchev–Trinajstić information content (AvgIpc) is 2.55. The van der Waals surface area contributed by atoms with Crippen LogP contribution in [-0.4, -0.2) is 57.0 Å². The number of aromatic nitrogens is 1. The van der Waals surface area contributed by atoms with E-state index in [-0.39, 0.29) is 4.90 Å². The molecule has 1 N–H and O–H groups in total. The van der Waals surface area contributed by atoms with Gasteiger partial charge in [0.1, 0.15) is 4.90 Å². The molecule has 1 aromatic rings. The van der Waals surface area contributed by atoms with E-state index < -0.39 is 10.0 Å². The van der Waals surface area contributed by atoms with Crippen molar-refractivity contribution >= 4 is 27.3 Å². The van der Waals surface area contributed by atoms with Gasteiger partial charge in [-0.2, -0.15) is 4.31 Å². The van der Waals surface area contributed by atoms with Gasteiger partial charge >= 0.3 is 0 Å². The van der Waals surface area contributed by atoms with Crippen molar-refractivity contribution < 1.29 is 8.42 Å². The molecule has 1 aliphatic rings. The Bertz CT molecular complexity index is 612. The van der Waals surface area contributed by atoms with Gasteiger partial charge in [-0.25, -0.2) is 8.42 Å². The van der Waals surface area contributed by atoms with E-state index in [2.05, 4.69) is 10.3 Å². The molecule has 0 radical (unpaired) electrons. The summed E-state index contributed by atoms with van der Waals surface area (Å²) < 4.78 is 27.8. The minimum atomic E-state index is -3.60. The van der Waals surface area contributed by atoms with Crippen LogP contribution in [-0.2, 0) is 10.0 Å². The Hall–Kier alpha value is -0.890. The number of anilines is 1. The highest BCUT2D eigenvalue weighted by atomic mass is 35.5. The summed E-state index contributed by atoms with van der Waals surface area (Å²) in [5.41, 5.74) is 0.584. The summed E-state index contributed by atoms with van der Waals surface area (Å²) >= 11 is 6.32. The van der Waals surface area contributed by atoms with Crippen LogP contribution in [0.4, 0.5) is 5.69 Å². The first kappa shape index (κ1) is 18.4. The number of nitrogens with one attached hydrogen (secondary N) is 1. The van der Waals surface area contributed by atoms with Gasteiger partial charge in [-0.1, -0.05) is 25.4 Å². The number of hydrogen-bond acceptors (Lipinski definition) is 5. The van der Waals surface area contributed by atoms with Crippen LogP contribution in [0.1, 0.15) is 26.7 Å². The Morgan fingerprint density at radius 2 is 1.83 bits per heavy atom. The van der Waals surface area contributed by atoms with Crippen molar-refractivity contribution in [3.05, 3.63) is 17.4 Å². The van der Waals surface area contributed by atoms with Crippen LogP contribution >= 0.6 is 11.6 Å². The summed E-state index contributed by atoms with van der Waals surface area (Å²) in [7, 11) is -3.60. The van der Waals surface area contributed by atoms with Crippen molar-refractivity contribution in [3.63, 3.8) is 0 Å². The normalized spacial score (nSPS) is 16.1. The van der Waals surface area contributed by atoms with Crippen LogP contribution in [0.5, 0.6) is 0 Å². The van der Waals surface area contributed by atoms with Gasteiger partial charge in [-0.15, -0.1) is 0 Å². The highest BCUT2D eigenvalue weighted by Gasteiger charge is 2.30. The van der Waals surface area contributed by atoms with Gasteiger partial charge in [0.25, 0.3) is 0 Å². The maximum absolute atomic E-state index is 13.1. The quantitative estimate of drug-likeness (QED) is 0.805. The lowest BCUT2D eigenvalue weighted by molar-refractivity contribution is 0.409. The first-order valence-electron chi connectivity index (χ1n) is 8.11. The summed E-state index contributed by atoms with van der Waals surface area (Å²) in [5, 5.41) is 3.66. The number of nitrogens with zero attached hydrogens (tertiary/aromatic N) is 3. The lowest BCUT2D eigenvalue weighted by Gasteiger charge is -2.32. The minimum Gasteiger partial charge on any atom is -0.367 e. The van der Waals surface area contributed by atoms with Crippen molar-refractivity contribution in [1.82, 2.24) is 14.6 Å². The lowest BCUT2D eigenvalue weighted by atomic mass is 10.3. The van der Waals surface area contributed by atoms with E-state index in [0.29, 0.717) is 23.8 Å². The Morgan fingerprint density at radius 1 is 1.22 bits per heavy atom. The molecule has 8 heteroatoms. The third-order valence-electron chi connectivity index (χ3n) is 3.84. The number of hydrogen-bond donors (Lipinski definition) is 1. The number of pyridine rings is 1. The highest BCUT2D eigenvalue weighted by Crippen LogP contribution is 2.34. The molecule has 0 atom stereocenters. The van der Waals surface area contributed by atoms with Crippen molar-refractivity contribution in [1.29, 1.82) is 0 Å². The zero-order valence-electron chi connectivity index (χ0n) is 13.8. The van der Waals surface area contributed by atoms with Crippen molar-refractivity contribution in [2.45, 2.75) is 31.6 Å². The summed E-state index contributed by atoms with van der Waals surface area (Å²) in [5.74, 6) is 0. The predicted molar refractivity (Wildman–Crippen MR) is 93.7 cm³/mol. The maximum atomic E-state index is 13.1. The topological polar surface area (TPSA) is 65.5 Å². The fourth-order valence-electron chi connectivity index (χ4n) is 2.78. The molecule has 0 unspecified atom stereocenters. The third kappa shape index (κ3) is 4.15. The molecule has 6 nitrogen and oxygen atoms in total. The SMILES string of the molecule is CCCN(CCC)S(=O)(=O)c1cncc(Cl)c1N1CCNCC1. The molecule has 1 aliphatic heterocycles. The van der Waals surface area contributed by atoms with Gasteiger partial charge in [0.15, 0.2) is 0 Å².